The summed E-state index contributed by atoms with van der Waals surface area (Å²) in [6, 6.07) is 0.752. The minimum Gasteiger partial charge on any atom is -0.314 e. The van der Waals surface area contributed by atoms with Gasteiger partial charge in [0.2, 0.25) is 0 Å². The first-order valence-corrected chi connectivity index (χ1v) is 6.76. The summed E-state index contributed by atoms with van der Waals surface area (Å²) >= 11 is 2.07. The monoisotopic (exact) mass is 226 g/mol. The van der Waals surface area contributed by atoms with E-state index in [4.69, 9.17) is 0 Å². The van der Waals surface area contributed by atoms with Crippen molar-refractivity contribution < 1.29 is 0 Å². The first-order valence-electron chi connectivity index (χ1n) is 5.60. The van der Waals surface area contributed by atoms with Gasteiger partial charge in [-0.3, -0.25) is 4.68 Å². The normalized spacial score (nSPS) is 18.1. The quantitative estimate of drug-likeness (QED) is 0.765. The molecular formula is C10H18N4S. The molecule has 2 heterocycles. The van der Waals surface area contributed by atoms with Gasteiger partial charge in [0.05, 0.1) is 6.20 Å². The van der Waals surface area contributed by atoms with Crippen LogP contribution in [0.2, 0.25) is 0 Å². The lowest BCUT2D eigenvalue weighted by atomic mass is 10.1. The van der Waals surface area contributed by atoms with Crippen LogP contribution in [0.3, 0.4) is 0 Å². The number of rotatable bonds is 5. The third-order valence-electron chi connectivity index (χ3n) is 2.69. The van der Waals surface area contributed by atoms with Gasteiger partial charge in [-0.15, -0.1) is 5.10 Å². The van der Waals surface area contributed by atoms with Crippen LogP contribution in [0.25, 0.3) is 0 Å². The highest BCUT2D eigenvalue weighted by Gasteiger charge is 2.11. The molecule has 0 spiro atoms. The second-order valence-corrected chi connectivity index (χ2v) is 5.09. The molecule has 4 nitrogen and oxygen atoms in total. The predicted octanol–water partition coefficient (Wildman–Crippen LogP) is 1.15. The molecule has 1 aliphatic rings. The minimum atomic E-state index is 0.752. The number of nitrogens with one attached hydrogen (secondary N) is 1. The standard InChI is InChI=1S/C10H18N4S/c1(6-14-7-5-12-13-14)4-11-10-2-8-15-9-3-10/h5,7,10-11H,1-4,6,8-9H2. The third kappa shape index (κ3) is 3.83. The van der Waals surface area contributed by atoms with Crippen LogP contribution in [0.5, 0.6) is 0 Å². The molecule has 1 aromatic rings. The van der Waals surface area contributed by atoms with Gasteiger partial charge in [-0.1, -0.05) is 5.21 Å². The Morgan fingerprint density at radius 1 is 1.40 bits per heavy atom. The zero-order valence-electron chi connectivity index (χ0n) is 8.93. The molecule has 0 saturated carbocycles. The van der Waals surface area contributed by atoms with Gasteiger partial charge in [-0.2, -0.15) is 11.8 Å². The number of aryl methyl sites for hydroxylation is 1. The van der Waals surface area contributed by atoms with Gasteiger partial charge in [-0.25, -0.2) is 0 Å². The molecule has 1 aliphatic heterocycles. The summed E-state index contributed by atoms with van der Waals surface area (Å²) in [5.41, 5.74) is 0. The van der Waals surface area contributed by atoms with E-state index < -0.39 is 0 Å². The maximum absolute atomic E-state index is 3.94. The lowest BCUT2D eigenvalue weighted by Crippen LogP contribution is -2.33. The SMILES string of the molecule is c1cn(CCCNC2CCSCC2)nn1. The van der Waals surface area contributed by atoms with E-state index in [1.54, 1.807) is 6.20 Å². The second kappa shape index (κ2) is 6.12. The average molecular weight is 226 g/mol. The van der Waals surface area contributed by atoms with Crippen molar-refractivity contribution in [3.8, 4) is 0 Å². The zero-order valence-corrected chi connectivity index (χ0v) is 9.75. The van der Waals surface area contributed by atoms with E-state index in [-0.39, 0.29) is 0 Å². The lowest BCUT2D eigenvalue weighted by molar-refractivity contribution is 0.454. The van der Waals surface area contributed by atoms with Crippen LogP contribution in [0.4, 0.5) is 0 Å². The van der Waals surface area contributed by atoms with Gasteiger partial charge in [0.1, 0.15) is 0 Å². The predicted molar refractivity (Wildman–Crippen MR) is 63.0 cm³/mol. The van der Waals surface area contributed by atoms with Crippen LogP contribution >= 0.6 is 11.8 Å². The highest BCUT2D eigenvalue weighted by Crippen LogP contribution is 2.16. The summed E-state index contributed by atoms with van der Waals surface area (Å²) in [6.07, 6.45) is 7.43. The lowest BCUT2D eigenvalue weighted by Gasteiger charge is -2.22. The van der Waals surface area contributed by atoms with Crippen molar-refractivity contribution in [2.75, 3.05) is 18.1 Å². The van der Waals surface area contributed by atoms with Crippen molar-refractivity contribution in [1.82, 2.24) is 20.3 Å². The summed E-state index contributed by atoms with van der Waals surface area (Å²) in [4.78, 5) is 0. The number of thioether (sulfide) groups is 1. The fraction of sp³-hybridized carbons (Fsp3) is 0.800. The smallest absolute Gasteiger partial charge is 0.0692 e. The van der Waals surface area contributed by atoms with Crippen molar-refractivity contribution >= 4 is 11.8 Å². The van der Waals surface area contributed by atoms with Gasteiger partial charge >= 0.3 is 0 Å². The number of hydrogen-bond acceptors (Lipinski definition) is 4. The topological polar surface area (TPSA) is 42.7 Å². The number of hydrogen-bond donors (Lipinski definition) is 1. The molecule has 1 saturated heterocycles. The van der Waals surface area contributed by atoms with E-state index in [1.165, 1.54) is 24.3 Å². The van der Waals surface area contributed by atoms with Crippen molar-refractivity contribution in [3.63, 3.8) is 0 Å². The number of nitrogens with zero attached hydrogens (tertiary/aromatic N) is 3. The average Bonchev–Trinajstić information content (AvgIpc) is 2.79. The van der Waals surface area contributed by atoms with Crippen LogP contribution < -0.4 is 5.32 Å². The molecule has 0 aliphatic carbocycles. The molecule has 0 unspecified atom stereocenters. The Hall–Kier alpha value is -0.550. The molecule has 0 aromatic carbocycles. The first kappa shape index (κ1) is 11.0. The Kier molecular flexibility index (Phi) is 4.47. The van der Waals surface area contributed by atoms with Gasteiger partial charge in [0.15, 0.2) is 0 Å². The minimum absolute atomic E-state index is 0.752. The Bertz CT molecular complexity index is 256. The van der Waals surface area contributed by atoms with Crippen LogP contribution in [-0.2, 0) is 6.54 Å². The molecule has 0 atom stereocenters. The molecular weight excluding hydrogens is 208 g/mol. The van der Waals surface area contributed by atoms with Crippen molar-refractivity contribution in [1.29, 1.82) is 0 Å². The Balaban J connectivity index is 1.54. The molecule has 0 bridgehead atoms. The van der Waals surface area contributed by atoms with E-state index >= 15 is 0 Å². The fourth-order valence-corrected chi connectivity index (χ4v) is 2.91. The van der Waals surface area contributed by atoms with E-state index in [0.717, 1.165) is 25.6 Å². The zero-order chi connectivity index (χ0) is 10.3. The van der Waals surface area contributed by atoms with Gasteiger partial charge in [0, 0.05) is 18.8 Å². The van der Waals surface area contributed by atoms with Crippen molar-refractivity contribution in [2.24, 2.45) is 0 Å². The maximum Gasteiger partial charge on any atom is 0.0692 e. The highest BCUT2D eigenvalue weighted by molar-refractivity contribution is 7.99. The maximum atomic E-state index is 3.94. The highest BCUT2D eigenvalue weighted by atomic mass is 32.2. The molecule has 2 rings (SSSR count). The van der Waals surface area contributed by atoms with E-state index in [9.17, 15) is 0 Å². The van der Waals surface area contributed by atoms with Gasteiger partial charge in [-0.05, 0) is 37.3 Å². The van der Waals surface area contributed by atoms with Crippen LogP contribution in [0, 0.1) is 0 Å². The van der Waals surface area contributed by atoms with Crippen molar-refractivity contribution in [2.45, 2.75) is 31.8 Å². The van der Waals surface area contributed by atoms with Gasteiger partial charge < -0.3 is 5.32 Å². The molecule has 84 valence electrons. The van der Waals surface area contributed by atoms with Crippen LogP contribution in [0.15, 0.2) is 12.4 Å². The first-order chi connectivity index (χ1) is 7.45. The summed E-state index contributed by atoms with van der Waals surface area (Å²) < 4.78 is 1.89. The van der Waals surface area contributed by atoms with Crippen LogP contribution in [-0.4, -0.2) is 39.1 Å². The Morgan fingerprint density at radius 3 is 3.00 bits per heavy atom. The second-order valence-electron chi connectivity index (χ2n) is 3.86. The fourth-order valence-electron chi connectivity index (χ4n) is 1.80. The Labute approximate surface area is 94.8 Å². The molecule has 1 N–H and O–H groups in total. The Morgan fingerprint density at radius 2 is 2.27 bits per heavy atom. The van der Waals surface area contributed by atoms with E-state index in [0.29, 0.717) is 0 Å². The molecule has 15 heavy (non-hydrogen) atoms. The number of aromatic nitrogens is 3. The molecule has 5 heteroatoms. The summed E-state index contributed by atoms with van der Waals surface area (Å²) in [5.74, 6) is 2.64. The molecule has 1 aromatic heterocycles. The van der Waals surface area contributed by atoms with Crippen LogP contribution in [0.1, 0.15) is 19.3 Å². The molecule has 1 fully saturated rings. The third-order valence-corrected chi connectivity index (χ3v) is 3.74. The van der Waals surface area contributed by atoms with E-state index in [1.807, 2.05) is 10.9 Å². The summed E-state index contributed by atoms with van der Waals surface area (Å²) in [5, 5.41) is 11.3. The molecule has 0 radical (unpaired) electrons. The largest absolute Gasteiger partial charge is 0.314 e. The molecule has 0 amide bonds. The van der Waals surface area contributed by atoms with Gasteiger partial charge in [0.25, 0.3) is 0 Å². The summed E-state index contributed by atoms with van der Waals surface area (Å²) in [7, 11) is 0. The summed E-state index contributed by atoms with van der Waals surface area (Å²) in [6.45, 7) is 2.06. The van der Waals surface area contributed by atoms with E-state index in [2.05, 4.69) is 27.4 Å². The van der Waals surface area contributed by atoms with Crippen molar-refractivity contribution in [3.05, 3.63) is 12.4 Å².